The van der Waals surface area contributed by atoms with Crippen molar-refractivity contribution in [1.82, 2.24) is 10.6 Å². The third kappa shape index (κ3) is 4.56. The zero-order chi connectivity index (χ0) is 25.4. The van der Waals surface area contributed by atoms with Crippen LogP contribution in [0.2, 0.25) is 0 Å². The molecule has 0 bridgehead atoms. The van der Waals surface area contributed by atoms with Crippen LogP contribution < -0.4 is 10.6 Å². The van der Waals surface area contributed by atoms with Gasteiger partial charge in [0, 0.05) is 5.92 Å². The van der Waals surface area contributed by atoms with Gasteiger partial charge in [-0.1, -0.05) is 55.0 Å². The van der Waals surface area contributed by atoms with Crippen LogP contribution in [0.3, 0.4) is 0 Å². The van der Waals surface area contributed by atoms with Gasteiger partial charge in [0.05, 0.1) is 0 Å². The predicted octanol–water partition coefficient (Wildman–Crippen LogP) is 4.22. The molecule has 0 aliphatic heterocycles. The van der Waals surface area contributed by atoms with Crippen LogP contribution in [-0.2, 0) is 14.3 Å². The van der Waals surface area contributed by atoms with Gasteiger partial charge >= 0.3 is 18.2 Å². The number of carbonyl (C=O) groups is 3. The summed E-state index contributed by atoms with van der Waals surface area (Å²) in [6.07, 6.45) is -4.93. The van der Waals surface area contributed by atoms with E-state index in [1.165, 1.54) is 0 Å². The van der Waals surface area contributed by atoms with Crippen molar-refractivity contribution < 1.29 is 37.4 Å². The maximum Gasteiger partial charge on any atom is 0.420 e. The van der Waals surface area contributed by atoms with Crippen LogP contribution in [0, 0.1) is 5.92 Å². The summed E-state index contributed by atoms with van der Waals surface area (Å²) in [6, 6.07) is 13.5. The van der Waals surface area contributed by atoms with E-state index in [1.54, 1.807) is 5.32 Å². The van der Waals surface area contributed by atoms with Crippen molar-refractivity contribution in [3.05, 3.63) is 59.7 Å². The Morgan fingerprint density at radius 1 is 1.03 bits per heavy atom. The van der Waals surface area contributed by atoms with E-state index in [4.69, 9.17) is 4.74 Å². The lowest BCUT2D eigenvalue weighted by atomic mass is 9.79. The van der Waals surface area contributed by atoms with Crippen molar-refractivity contribution in [2.75, 3.05) is 6.61 Å². The first-order chi connectivity index (χ1) is 16.5. The first kappa shape index (κ1) is 24.6. The maximum atomic E-state index is 13.9. The lowest BCUT2D eigenvalue weighted by Crippen LogP contribution is -2.67. The number of rotatable bonds is 7. The number of amides is 2. The molecule has 0 radical (unpaired) electrons. The average Bonchev–Trinajstić information content (AvgIpc) is 3.08. The molecule has 2 unspecified atom stereocenters. The number of hydrogen-bond acceptors (Lipinski definition) is 4. The van der Waals surface area contributed by atoms with Gasteiger partial charge in [-0.05, 0) is 47.9 Å². The number of fused-ring (bicyclic) bond motifs is 3. The number of halogens is 3. The van der Waals surface area contributed by atoms with Crippen LogP contribution in [0.4, 0.5) is 18.0 Å². The summed E-state index contributed by atoms with van der Waals surface area (Å²) in [7, 11) is 0. The van der Waals surface area contributed by atoms with Gasteiger partial charge in [-0.25, -0.2) is 9.59 Å². The molecule has 0 heterocycles. The molecule has 1 fully saturated rings. The molecule has 1 saturated carbocycles. The lowest BCUT2D eigenvalue weighted by Gasteiger charge is -2.36. The summed E-state index contributed by atoms with van der Waals surface area (Å²) in [5.41, 5.74) is 0.275. The zero-order valence-corrected chi connectivity index (χ0v) is 18.9. The smallest absolute Gasteiger partial charge is 0.420 e. The minimum atomic E-state index is -5.20. The first-order valence-electron chi connectivity index (χ1n) is 11.3. The van der Waals surface area contributed by atoms with Crippen LogP contribution in [0.25, 0.3) is 11.1 Å². The molecule has 2 aliphatic rings. The fourth-order valence-electron chi connectivity index (χ4n) is 4.53. The van der Waals surface area contributed by atoms with Crippen molar-refractivity contribution >= 4 is 18.0 Å². The number of aliphatic carboxylic acids is 1. The Morgan fingerprint density at radius 3 is 2.03 bits per heavy atom. The van der Waals surface area contributed by atoms with Crippen LogP contribution in [0.1, 0.15) is 43.2 Å². The molecular weight excluding hydrogens is 465 g/mol. The van der Waals surface area contributed by atoms with Crippen LogP contribution in [0.15, 0.2) is 48.5 Å². The topological polar surface area (TPSA) is 105 Å². The molecule has 2 aliphatic carbocycles. The standard InChI is InChI=1S/C25H25F3N2O5/c1-24(25(26,27)28,22(33)29-20(21(31)32)14-7-6-8-14)30-23(34)35-13-19-17-11-4-2-9-15(17)16-10-3-5-12-18(16)19/h2-5,9-12,14,19-20H,6-8,13H2,1H3,(H,29,33)(H,30,34)(H,31,32). The average molecular weight is 490 g/mol. The van der Waals surface area contributed by atoms with Crippen molar-refractivity contribution in [2.24, 2.45) is 5.92 Å². The van der Waals surface area contributed by atoms with Crippen molar-refractivity contribution in [3.63, 3.8) is 0 Å². The van der Waals surface area contributed by atoms with Gasteiger partial charge in [0.2, 0.25) is 5.54 Å². The van der Waals surface area contributed by atoms with E-state index in [2.05, 4.69) is 0 Å². The maximum absolute atomic E-state index is 13.9. The fourth-order valence-corrected chi connectivity index (χ4v) is 4.53. The van der Waals surface area contributed by atoms with E-state index in [9.17, 15) is 32.7 Å². The Balaban J connectivity index is 1.48. The van der Waals surface area contributed by atoms with E-state index in [1.807, 2.05) is 53.8 Å². The highest BCUT2D eigenvalue weighted by Crippen LogP contribution is 2.44. The molecule has 186 valence electrons. The second-order valence-corrected chi connectivity index (χ2v) is 9.05. The van der Waals surface area contributed by atoms with Crippen LogP contribution in [-0.4, -0.2) is 47.4 Å². The summed E-state index contributed by atoms with van der Waals surface area (Å²) in [6.45, 7) is 0.249. The third-order valence-corrected chi connectivity index (χ3v) is 6.89. The largest absolute Gasteiger partial charge is 0.480 e. The lowest BCUT2D eigenvalue weighted by molar-refractivity contribution is -0.195. The van der Waals surface area contributed by atoms with E-state index in [-0.39, 0.29) is 12.5 Å². The van der Waals surface area contributed by atoms with E-state index in [0.717, 1.165) is 28.7 Å². The van der Waals surface area contributed by atoms with Crippen molar-refractivity contribution in [2.45, 2.75) is 49.9 Å². The third-order valence-electron chi connectivity index (χ3n) is 6.89. The summed E-state index contributed by atoms with van der Waals surface area (Å²) in [5.74, 6) is -3.91. The number of nitrogens with one attached hydrogen (secondary N) is 2. The summed E-state index contributed by atoms with van der Waals surface area (Å²) >= 11 is 0. The molecule has 7 nitrogen and oxygen atoms in total. The van der Waals surface area contributed by atoms with Gasteiger partial charge < -0.3 is 15.2 Å². The SMILES string of the molecule is CC(NC(=O)OCC1c2ccccc2-c2ccccc21)(C(=O)NC(C(=O)O)C1CCC1)C(F)(F)F. The molecule has 35 heavy (non-hydrogen) atoms. The fraction of sp³-hybridized carbons (Fsp3) is 0.400. The zero-order valence-electron chi connectivity index (χ0n) is 18.9. The number of ether oxygens (including phenoxy) is 1. The predicted molar refractivity (Wildman–Crippen MR) is 120 cm³/mol. The molecule has 2 aromatic rings. The number of carbonyl (C=O) groups excluding carboxylic acids is 2. The molecule has 2 amide bonds. The highest BCUT2D eigenvalue weighted by Gasteiger charge is 2.59. The van der Waals surface area contributed by atoms with Crippen molar-refractivity contribution in [3.8, 4) is 11.1 Å². The monoisotopic (exact) mass is 490 g/mol. The number of alkyl carbamates (subject to hydrolysis) is 1. The quantitative estimate of drug-likeness (QED) is 0.539. The highest BCUT2D eigenvalue weighted by molar-refractivity contribution is 5.93. The second kappa shape index (κ2) is 9.24. The molecule has 0 saturated heterocycles. The molecule has 2 atom stereocenters. The molecule has 4 rings (SSSR count). The molecular formula is C25H25F3N2O5. The number of alkyl halides is 3. The van der Waals surface area contributed by atoms with Gasteiger partial charge in [0.1, 0.15) is 12.6 Å². The molecule has 0 aromatic heterocycles. The van der Waals surface area contributed by atoms with Crippen LogP contribution in [0.5, 0.6) is 0 Å². The number of carboxylic acids is 1. The van der Waals surface area contributed by atoms with Gasteiger partial charge in [0.25, 0.3) is 5.91 Å². The molecule has 2 aromatic carbocycles. The normalized spacial score (nSPS) is 17.8. The number of benzene rings is 2. The van der Waals surface area contributed by atoms with Crippen molar-refractivity contribution in [1.29, 1.82) is 0 Å². The Labute approximate surface area is 199 Å². The Kier molecular flexibility index (Phi) is 6.48. The number of hydrogen-bond donors (Lipinski definition) is 3. The molecule has 3 N–H and O–H groups in total. The Bertz CT molecular complexity index is 1100. The minimum Gasteiger partial charge on any atom is -0.480 e. The van der Waals surface area contributed by atoms with Gasteiger partial charge in [-0.2, -0.15) is 13.2 Å². The highest BCUT2D eigenvalue weighted by atomic mass is 19.4. The van der Waals surface area contributed by atoms with Gasteiger partial charge in [-0.15, -0.1) is 0 Å². The van der Waals surface area contributed by atoms with E-state index < -0.39 is 41.6 Å². The summed E-state index contributed by atoms with van der Waals surface area (Å²) in [5, 5.41) is 13.0. The molecule has 10 heteroatoms. The first-order valence-corrected chi connectivity index (χ1v) is 11.3. The van der Waals surface area contributed by atoms with E-state index >= 15 is 0 Å². The Hall–Kier alpha value is -3.56. The Morgan fingerprint density at radius 2 is 1.57 bits per heavy atom. The van der Waals surface area contributed by atoms with E-state index in [0.29, 0.717) is 19.8 Å². The van der Waals surface area contributed by atoms with Gasteiger partial charge in [-0.3, -0.25) is 10.1 Å². The molecule has 0 spiro atoms. The number of carboxylic acid groups (broad SMARTS) is 1. The minimum absolute atomic E-state index is 0.241. The van der Waals surface area contributed by atoms with Gasteiger partial charge in [0.15, 0.2) is 0 Å². The summed E-state index contributed by atoms with van der Waals surface area (Å²) in [4.78, 5) is 36.6. The second-order valence-electron chi connectivity index (χ2n) is 9.05. The van der Waals surface area contributed by atoms with Crippen LogP contribution >= 0.6 is 0 Å². The summed E-state index contributed by atoms with van der Waals surface area (Å²) < 4.78 is 46.9.